The number of fused-ring (bicyclic) bond motifs is 1. The second kappa shape index (κ2) is 6.89. The third-order valence-corrected chi connectivity index (χ3v) is 4.04. The number of carbonyl (C=O) groups excluding carboxylic acids is 1. The number of rotatable bonds is 3. The van der Waals surface area contributed by atoms with E-state index >= 15 is 0 Å². The second-order valence-electron chi connectivity index (χ2n) is 7.00. The maximum Gasteiger partial charge on any atom is 0.319 e. The maximum atomic E-state index is 12.2. The van der Waals surface area contributed by atoms with Gasteiger partial charge in [0.15, 0.2) is 0 Å². The van der Waals surface area contributed by atoms with E-state index in [0.717, 1.165) is 22.2 Å². The Kier molecular flexibility index (Phi) is 4.65. The van der Waals surface area contributed by atoms with Gasteiger partial charge in [0.2, 0.25) is 0 Å². The van der Waals surface area contributed by atoms with Crippen molar-refractivity contribution < 1.29 is 4.79 Å². The van der Waals surface area contributed by atoms with Crippen molar-refractivity contribution >= 4 is 22.5 Å². The molecule has 5 nitrogen and oxygen atoms in total. The molecule has 3 aromatic rings. The second-order valence-corrected chi connectivity index (χ2v) is 7.00. The van der Waals surface area contributed by atoms with Crippen molar-refractivity contribution in [3.8, 4) is 0 Å². The molecule has 128 valence electrons. The molecule has 2 N–H and O–H groups in total. The summed E-state index contributed by atoms with van der Waals surface area (Å²) in [6.45, 7) is 6.84. The molecule has 0 unspecified atom stereocenters. The maximum absolute atomic E-state index is 12.2. The fourth-order valence-electron chi connectivity index (χ4n) is 2.61. The zero-order valence-corrected chi connectivity index (χ0v) is 14.7. The third kappa shape index (κ3) is 4.12. The number of nitrogens with one attached hydrogen (secondary N) is 2. The first-order valence-electron chi connectivity index (χ1n) is 8.26. The Morgan fingerprint density at radius 2 is 1.96 bits per heavy atom. The van der Waals surface area contributed by atoms with Crippen LogP contribution in [0.2, 0.25) is 0 Å². The number of hydrogen-bond donors (Lipinski definition) is 2. The minimum Gasteiger partial charge on any atom is -0.332 e. The van der Waals surface area contributed by atoms with Crippen LogP contribution in [-0.4, -0.2) is 16.0 Å². The van der Waals surface area contributed by atoms with Crippen molar-refractivity contribution in [2.24, 2.45) is 0 Å². The van der Waals surface area contributed by atoms with Gasteiger partial charge in [-0.25, -0.2) is 4.79 Å². The number of amides is 2. The van der Waals surface area contributed by atoms with Gasteiger partial charge < -0.3 is 10.6 Å². The molecule has 0 atom stereocenters. The van der Waals surface area contributed by atoms with E-state index in [4.69, 9.17) is 0 Å². The Balaban J connectivity index is 1.67. The lowest BCUT2D eigenvalue weighted by Gasteiger charge is -2.19. The van der Waals surface area contributed by atoms with E-state index in [1.807, 2.05) is 36.4 Å². The van der Waals surface area contributed by atoms with E-state index in [1.165, 1.54) is 5.56 Å². The Bertz CT molecular complexity index is 894. The zero-order chi connectivity index (χ0) is 17.9. The molecule has 2 heterocycles. The van der Waals surface area contributed by atoms with Crippen LogP contribution in [0.1, 0.15) is 32.0 Å². The molecule has 0 fully saturated rings. The summed E-state index contributed by atoms with van der Waals surface area (Å²) >= 11 is 0. The molecule has 0 aliphatic heterocycles. The minimum atomic E-state index is -0.257. The van der Waals surface area contributed by atoms with Crippen LogP contribution in [0.15, 0.2) is 55.0 Å². The zero-order valence-electron chi connectivity index (χ0n) is 14.7. The van der Waals surface area contributed by atoms with E-state index in [1.54, 1.807) is 18.6 Å². The molecule has 2 aromatic heterocycles. The molecule has 0 spiro atoms. The average Bonchev–Trinajstić information content (AvgIpc) is 2.60. The fraction of sp³-hybridized carbons (Fsp3) is 0.250. The fourth-order valence-corrected chi connectivity index (χ4v) is 2.61. The number of benzene rings is 1. The summed E-state index contributed by atoms with van der Waals surface area (Å²) in [5.74, 6) is 0. The molecule has 0 radical (unpaired) electrons. The first-order valence-corrected chi connectivity index (χ1v) is 8.26. The average molecular weight is 334 g/mol. The first-order chi connectivity index (χ1) is 11.9. The van der Waals surface area contributed by atoms with Gasteiger partial charge in [0.1, 0.15) is 0 Å². The van der Waals surface area contributed by atoms with Gasteiger partial charge in [0, 0.05) is 29.4 Å². The van der Waals surface area contributed by atoms with Crippen LogP contribution in [0, 0.1) is 0 Å². The number of pyridine rings is 2. The van der Waals surface area contributed by atoms with Crippen molar-refractivity contribution in [2.75, 3.05) is 5.32 Å². The van der Waals surface area contributed by atoms with Gasteiger partial charge in [0.25, 0.3) is 0 Å². The Morgan fingerprint density at radius 1 is 1.12 bits per heavy atom. The monoisotopic (exact) mass is 334 g/mol. The SMILES string of the molecule is CC(C)(C)c1ccnc(CNC(=O)Nc2cccc3cnccc23)c1. The van der Waals surface area contributed by atoms with E-state index in [9.17, 15) is 4.79 Å². The van der Waals surface area contributed by atoms with Crippen molar-refractivity contribution in [1.82, 2.24) is 15.3 Å². The van der Waals surface area contributed by atoms with Gasteiger partial charge in [-0.15, -0.1) is 0 Å². The van der Waals surface area contributed by atoms with E-state index < -0.39 is 0 Å². The third-order valence-electron chi connectivity index (χ3n) is 4.04. The first kappa shape index (κ1) is 16.9. The Hall–Kier alpha value is -2.95. The Labute approximate surface area is 147 Å². The predicted octanol–water partition coefficient (Wildman–Crippen LogP) is 4.25. The van der Waals surface area contributed by atoms with Crippen LogP contribution in [0.3, 0.4) is 0 Å². The van der Waals surface area contributed by atoms with Gasteiger partial charge in [-0.05, 0) is 35.2 Å². The molecular formula is C20H22N4O. The van der Waals surface area contributed by atoms with Crippen LogP contribution in [0.25, 0.3) is 10.8 Å². The number of urea groups is 1. The van der Waals surface area contributed by atoms with Crippen LogP contribution < -0.4 is 10.6 Å². The largest absolute Gasteiger partial charge is 0.332 e. The topological polar surface area (TPSA) is 66.9 Å². The molecule has 0 bridgehead atoms. The lowest BCUT2D eigenvalue weighted by Crippen LogP contribution is -2.28. The molecule has 1 aromatic carbocycles. The molecule has 0 aliphatic carbocycles. The Morgan fingerprint density at radius 3 is 2.76 bits per heavy atom. The van der Waals surface area contributed by atoms with Crippen molar-refractivity contribution in [1.29, 1.82) is 0 Å². The van der Waals surface area contributed by atoms with E-state index in [2.05, 4.69) is 41.4 Å². The standard InChI is InChI=1S/C20H22N4O/c1-20(2,3)15-7-10-22-16(11-15)13-23-19(25)24-18-6-4-5-14-12-21-9-8-17(14)18/h4-12H,13H2,1-3H3,(H2,23,24,25). The number of hydrogen-bond acceptors (Lipinski definition) is 3. The molecule has 0 aliphatic rings. The van der Waals surface area contributed by atoms with Crippen molar-refractivity contribution in [2.45, 2.75) is 32.7 Å². The van der Waals surface area contributed by atoms with Crippen LogP contribution in [-0.2, 0) is 12.0 Å². The van der Waals surface area contributed by atoms with E-state index in [-0.39, 0.29) is 11.4 Å². The number of anilines is 1. The number of nitrogens with zero attached hydrogens (tertiary/aromatic N) is 2. The lowest BCUT2D eigenvalue weighted by atomic mass is 9.87. The summed E-state index contributed by atoms with van der Waals surface area (Å²) in [5, 5.41) is 7.70. The molecule has 2 amide bonds. The normalized spacial score (nSPS) is 11.3. The van der Waals surface area contributed by atoms with Gasteiger partial charge in [-0.1, -0.05) is 32.9 Å². The van der Waals surface area contributed by atoms with Crippen molar-refractivity contribution in [3.63, 3.8) is 0 Å². The smallest absolute Gasteiger partial charge is 0.319 e. The highest BCUT2D eigenvalue weighted by molar-refractivity contribution is 6.01. The number of carbonyl (C=O) groups is 1. The molecule has 0 saturated carbocycles. The molecule has 25 heavy (non-hydrogen) atoms. The molecule has 5 heteroatoms. The van der Waals surface area contributed by atoms with Crippen LogP contribution in [0.5, 0.6) is 0 Å². The molecule has 0 saturated heterocycles. The lowest BCUT2D eigenvalue weighted by molar-refractivity contribution is 0.251. The highest BCUT2D eigenvalue weighted by Gasteiger charge is 2.14. The quantitative estimate of drug-likeness (QED) is 0.752. The van der Waals surface area contributed by atoms with Gasteiger partial charge in [-0.2, -0.15) is 0 Å². The summed E-state index contributed by atoms with van der Waals surface area (Å²) in [5.41, 5.74) is 2.84. The predicted molar refractivity (Wildman–Crippen MR) is 101 cm³/mol. The summed E-state index contributed by atoms with van der Waals surface area (Å²) in [6, 6.07) is 11.4. The van der Waals surface area contributed by atoms with Gasteiger partial charge in [0.05, 0.1) is 17.9 Å². The van der Waals surface area contributed by atoms with Crippen molar-refractivity contribution in [3.05, 3.63) is 66.2 Å². The summed E-state index contributed by atoms with van der Waals surface area (Å²) in [6.07, 6.45) is 5.28. The van der Waals surface area contributed by atoms with Gasteiger partial charge in [-0.3, -0.25) is 9.97 Å². The summed E-state index contributed by atoms with van der Waals surface area (Å²) in [4.78, 5) is 20.7. The molecule has 3 rings (SSSR count). The van der Waals surface area contributed by atoms with Crippen LogP contribution >= 0.6 is 0 Å². The highest BCUT2D eigenvalue weighted by Crippen LogP contribution is 2.23. The minimum absolute atomic E-state index is 0.0525. The summed E-state index contributed by atoms with van der Waals surface area (Å²) in [7, 11) is 0. The summed E-state index contributed by atoms with van der Waals surface area (Å²) < 4.78 is 0. The number of aromatic nitrogens is 2. The van der Waals surface area contributed by atoms with Crippen LogP contribution in [0.4, 0.5) is 10.5 Å². The van der Waals surface area contributed by atoms with Gasteiger partial charge >= 0.3 is 6.03 Å². The molecular weight excluding hydrogens is 312 g/mol. The van der Waals surface area contributed by atoms with E-state index in [0.29, 0.717) is 6.54 Å². The highest BCUT2D eigenvalue weighted by atomic mass is 16.2.